The second-order valence-corrected chi connectivity index (χ2v) is 16.0. The van der Waals surface area contributed by atoms with E-state index in [1.165, 1.54) is 43.7 Å². The number of aromatic nitrogens is 2. The summed E-state index contributed by atoms with van der Waals surface area (Å²) in [5.41, 5.74) is 19.0. The van der Waals surface area contributed by atoms with E-state index in [9.17, 15) is 0 Å². The van der Waals surface area contributed by atoms with Crippen molar-refractivity contribution in [1.82, 2.24) is 9.13 Å². The maximum atomic E-state index is 5.16. The second kappa shape index (κ2) is 16.4. The second-order valence-electron chi connectivity index (χ2n) is 16.0. The lowest BCUT2D eigenvalue weighted by Crippen LogP contribution is -2.04. The number of hydrogen-bond acceptors (Lipinski definition) is 1. The molecule has 0 N–H and O–H groups in total. The number of fused-ring (bicyclic) bond motifs is 6. The average molecular weight is 819 g/mol. The number of aliphatic imine (C=N–C) groups is 2. The third-order valence-electron chi connectivity index (χ3n) is 12.2. The molecule has 9 aromatic carbocycles. The Bertz CT molecular complexity index is 3640. The van der Waals surface area contributed by atoms with Crippen molar-refractivity contribution in [2.45, 2.75) is 6.92 Å². The molecule has 2 aromatic heterocycles. The summed E-state index contributed by atoms with van der Waals surface area (Å²) < 4.78 is 4.75. The van der Waals surface area contributed by atoms with E-state index in [0.717, 1.165) is 55.9 Å². The lowest BCUT2D eigenvalue weighted by Gasteiger charge is -2.10. The first kappa shape index (κ1) is 38.4. The quantitative estimate of drug-likeness (QED) is 0.0832. The predicted octanol–water partition coefficient (Wildman–Crippen LogP) is 15.3. The molecule has 4 nitrogen and oxygen atoms in total. The van der Waals surface area contributed by atoms with E-state index in [2.05, 4.69) is 185 Å². The largest absolute Gasteiger partial charge is 0.309 e. The molecule has 2 heterocycles. The number of para-hydroxylation sites is 3. The zero-order chi connectivity index (χ0) is 43.0. The van der Waals surface area contributed by atoms with Crippen molar-refractivity contribution in [3.8, 4) is 33.6 Å². The minimum absolute atomic E-state index is 0.602. The van der Waals surface area contributed by atoms with Crippen LogP contribution in [0.25, 0.3) is 82.9 Å². The van der Waals surface area contributed by atoms with Gasteiger partial charge in [-0.25, -0.2) is 9.98 Å². The molecule has 4 heteroatoms. The van der Waals surface area contributed by atoms with Crippen molar-refractivity contribution in [2.24, 2.45) is 9.98 Å². The van der Waals surface area contributed by atoms with Crippen LogP contribution in [0.1, 0.15) is 23.6 Å². The van der Waals surface area contributed by atoms with E-state index >= 15 is 0 Å². The van der Waals surface area contributed by atoms with E-state index < -0.39 is 0 Å². The van der Waals surface area contributed by atoms with Crippen LogP contribution in [0.3, 0.4) is 0 Å². The first-order chi connectivity index (χ1) is 31.6. The summed E-state index contributed by atoms with van der Waals surface area (Å²) in [5, 5.41) is 4.87. The van der Waals surface area contributed by atoms with Crippen molar-refractivity contribution < 1.29 is 0 Å². The normalized spacial score (nSPS) is 12.0. The van der Waals surface area contributed by atoms with Crippen molar-refractivity contribution in [3.63, 3.8) is 0 Å². The molecule has 0 atom stereocenters. The van der Waals surface area contributed by atoms with Crippen LogP contribution in [0.15, 0.2) is 247 Å². The predicted molar refractivity (Wildman–Crippen MR) is 270 cm³/mol. The van der Waals surface area contributed by atoms with Crippen LogP contribution in [0.5, 0.6) is 0 Å². The van der Waals surface area contributed by atoms with E-state index in [1.807, 2.05) is 67.6 Å². The van der Waals surface area contributed by atoms with Gasteiger partial charge in [0.25, 0.3) is 0 Å². The zero-order valence-electron chi connectivity index (χ0n) is 35.4. The minimum atomic E-state index is 0.602. The third-order valence-corrected chi connectivity index (χ3v) is 12.2. The zero-order valence-corrected chi connectivity index (χ0v) is 35.4. The Morgan fingerprint density at radius 1 is 0.375 bits per heavy atom. The smallest absolute Gasteiger partial charge is 0.160 e. The molecule has 0 fully saturated rings. The summed E-state index contributed by atoms with van der Waals surface area (Å²) in [7, 11) is 0. The molecular weight excluding hydrogens is 777 g/mol. The highest BCUT2D eigenvalue weighted by Crippen LogP contribution is 2.39. The molecule has 11 aromatic rings. The summed E-state index contributed by atoms with van der Waals surface area (Å²) in [5.74, 6) is 0.602. The van der Waals surface area contributed by atoms with Crippen LogP contribution in [0.4, 0.5) is 0 Å². The molecule has 0 aliphatic heterocycles. The molecule has 0 saturated carbocycles. The standard InChI is InChI=1S/C60H42N4/c1-3-55(42-19-8-4-9-20-42)62-60(43-21-10-5-11-22-43)61-41(2)44-23-18-24-45(37-44)46-31-35-58-53(39-46)54-40-48(33-36-59(54)64(58)50-27-14-7-15-28-50)47-32-34-57-52(38-47)51-29-16-17-30-56(51)63(57)49-25-12-6-13-26-49/h4-40H,1H2,2H3. The molecular formula is C60H42N4. The van der Waals surface area contributed by atoms with Gasteiger partial charge in [-0.05, 0) is 108 Å². The molecule has 64 heavy (non-hydrogen) atoms. The molecule has 0 unspecified atom stereocenters. The van der Waals surface area contributed by atoms with Gasteiger partial charge < -0.3 is 9.13 Å². The van der Waals surface area contributed by atoms with Crippen LogP contribution in [0, 0.1) is 0 Å². The minimum Gasteiger partial charge on any atom is -0.309 e. The highest BCUT2D eigenvalue weighted by Gasteiger charge is 2.17. The van der Waals surface area contributed by atoms with Gasteiger partial charge in [0, 0.05) is 49.8 Å². The van der Waals surface area contributed by atoms with Gasteiger partial charge in [-0.2, -0.15) is 0 Å². The van der Waals surface area contributed by atoms with Crippen molar-refractivity contribution in [2.75, 3.05) is 0 Å². The van der Waals surface area contributed by atoms with Crippen LogP contribution in [-0.2, 0) is 0 Å². The van der Waals surface area contributed by atoms with Gasteiger partial charge in [0.2, 0.25) is 0 Å². The molecule has 302 valence electrons. The molecule has 0 radical (unpaired) electrons. The molecule has 0 aliphatic rings. The molecule has 0 bridgehead atoms. The summed E-state index contributed by atoms with van der Waals surface area (Å²) >= 11 is 0. The number of nitrogens with zero attached hydrogens (tertiary/aromatic N) is 4. The average Bonchev–Trinajstić information content (AvgIpc) is 3.88. The highest BCUT2D eigenvalue weighted by molar-refractivity contribution is 6.15. The van der Waals surface area contributed by atoms with Crippen molar-refractivity contribution in [3.05, 3.63) is 253 Å². The van der Waals surface area contributed by atoms with Gasteiger partial charge in [0.15, 0.2) is 5.84 Å². The summed E-state index contributed by atoms with van der Waals surface area (Å²) in [6.07, 6.45) is 0. The topological polar surface area (TPSA) is 34.6 Å². The Morgan fingerprint density at radius 2 is 0.797 bits per heavy atom. The van der Waals surface area contributed by atoms with Crippen LogP contribution < -0.4 is 0 Å². The Balaban J connectivity index is 1.02. The SMILES string of the molecule is C=C=C(N=C(N=C(C)c1cccc(-c2ccc3c(c2)c2cc(-c4ccc5c(c4)c4ccccc4n5-c4ccccc4)ccc2n3-c2ccccc2)c1)c1ccccc1)c1ccccc1. The van der Waals surface area contributed by atoms with Crippen molar-refractivity contribution >= 4 is 60.9 Å². The number of hydrogen-bond donors (Lipinski definition) is 0. The fourth-order valence-electron chi connectivity index (χ4n) is 9.04. The third kappa shape index (κ3) is 6.95. The Hall–Kier alpha value is -8.56. The first-order valence-electron chi connectivity index (χ1n) is 21.6. The fraction of sp³-hybridized carbons (Fsp3) is 0.0167. The maximum Gasteiger partial charge on any atom is 0.160 e. The van der Waals surface area contributed by atoms with Gasteiger partial charge in [0.05, 0.1) is 22.1 Å². The van der Waals surface area contributed by atoms with Gasteiger partial charge >= 0.3 is 0 Å². The maximum absolute atomic E-state index is 5.16. The molecule has 0 aliphatic carbocycles. The molecule has 11 rings (SSSR count). The first-order valence-corrected chi connectivity index (χ1v) is 21.6. The van der Waals surface area contributed by atoms with E-state index in [0.29, 0.717) is 11.5 Å². The Morgan fingerprint density at radius 3 is 1.33 bits per heavy atom. The molecule has 0 saturated heterocycles. The Kier molecular flexibility index (Phi) is 9.82. The van der Waals surface area contributed by atoms with Crippen LogP contribution in [-0.4, -0.2) is 20.7 Å². The van der Waals surface area contributed by atoms with Crippen molar-refractivity contribution in [1.29, 1.82) is 0 Å². The molecule has 0 amide bonds. The van der Waals surface area contributed by atoms with Gasteiger partial charge in [-0.1, -0.05) is 158 Å². The lowest BCUT2D eigenvalue weighted by atomic mass is 9.98. The number of amidine groups is 1. The summed E-state index contributed by atoms with van der Waals surface area (Å²) in [6.45, 7) is 6.01. The van der Waals surface area contributed by atoms with Crippen LogP contribution in [0.2, 0.25) is 0 Å². The summed E-state index contributed by atoms with van der Waals surface area (Å²) in [6, 6.07) is 79.4. The monoisotopic (exact) mass is 818 g/mol. The number of rotatable bonds is 8. The highest BCUT2D eigenvalue weighted by atomic mass is 15.0. The van der Waals surface area contributed by atoms with Gasteiger partial charge in [0.1, 0.15) is 5.70 Å². The van der Waals surface area contributed by atoms with Crippen LogP contribution >= 0.6 is 0 Å². The van der Waals surface area contributed by atoms with E-state index in [4.69, 9.17) is 9.98 Å². The summed E-state index contributed by atoms with van der Waals surface area (Å²) in [4.78, 5) is 10.2. The molecule has 0 spiro atoms. The van der Waals surface area contributed by atoms with E-state index in [-0.39, 0.29) is 0 Å². The van der Waals surface area contributed by atoms with E-state index in [1.54, 1.807) is 0 Å². The van der Waals surface area contributed by atoms with Gasteiger partial charge in [-0.3, -0.25) is 0 Å². The van der Waals surface area contributed by atoms with Gasteiger partial charge in [-0.15, -0.1) is 5.73 Å². The fourth-order valence-corrected chi connectivity index (χ4v) is 9.04. The Labute approximate surface area is 372 Å². The number of benzene rings is 9. The lowest BCUT2D eigenvalue weighted by molar-refractivity contribution is 1.18.